The zero-order chi connectivity index (χ0) is 86.6. The number of aliphatic imine (C=N–C) groups is 3. The number of aromatic amines is 3. The van der Waals surface area contributed by atoms with Gasteiger partial charge in [0.2, 0.25) is 0 Å². The van der Waals surface area contributed by atoms with Crippen LogP contribution >= 0.6 is 61.1 Å². The molecule has 6 aromatic carbocycles. The third kappa shape index (κ3) is 39.4. The van der Waals surface area contributed by atoms with Gasteiger partial charge < -0.3 is 151 Å². The minimum absolute atomic E-state index is 0. The van der Waals surface area contributed by atoms with Crippen molar-refractivity contribution in [2.75, 3.05) is 0 Å². The Morgan fingerprint density at radius 2 is 0.930 bits per heavy atom. The molecule has 37 heteroatoms. The van der Waals surface area contributed by atoms with Crippen LogP contribution < -0.4 is 4.98 Å². The maximum Gasteiger partial charge on any atom is 2.00 e. The predicted molar refractivity (Wildman–Crippen MR) is 579 cm³/mol. The molecule has 10 aromatic rings. The molecule has 0 amide bonds. The van der Waals surface area contributed by atoms with Crippen molar-refractivity contribution in [2.45, 2.75) is 229 Å². The molecule has 15 rings (SSSR count). The number of hydrogen-bond donors (Lipinski definition) is 4. The van der Waals surface area contributed by atoms with Gasteiger partial charge in [0.25, 0.3) is 0 Å². The van der Waals surface area contributed by atoms with Gasteiger partial charge in [-0.15, -0.1) is 28.2 Å². The van der Waals surface area contributed by atoms with E-state index in [0.717, 1.165) is 136 Å². The molecule has 0 radical (unpaired) electrons. The molecule has 0 saturated heterocycles. The normalized spacial score (nSPS) is 14.4. The zero-order valence-electron chi connectivity index (χ0n) is 85.2. The Bertz CT molecular complexity index is 5940. The smallest absolute Gasteiger partial charge is 0.870 e. The first-order valence-electron chi connectivity index (χ1n) is 42.3. The number of fused-ring (bicyclic) bond motifs is 6. The molecule has 143 heavy (non-hydrogen) atoms. The minimum atomic E-state index is -1.48. The van der Waals surface area contributed by atoms with Gasteiger partial charge in [-0.05, 0) is 260 Å². The van der Waals surface area contributed by atoms with Crippen molar-refractivity contribution in [1.82, 2.24) is 19.9 Å². The summed E-state index contributed by atoms with van der Waals surface area (Å²) in [7, 11) is -2.90. The van der Waals surface area contributed by atoms with Crippen LogP contribution in [0.4, 0.5) is 0 Å². The molecular formula is C106H141BrI2N8O23Si2Zn-22. The fourth-order valence-electron chi connectivity index (χ4n) is 15.9. The van der Waals surface area contributed by atoms with Gasteiger partial charge in [-0.3, -0.25) is 15.0 Å². The third-order valence-electron chi connectivity index (χ3n) is 22.9. The quantitative estimate of drug-likeness (QED) is 0.0531. The molecule has 0 spiro atoms. The Morgan fingerprint density at radius 1 is 0.483 bits per heavy atom. The van der Waals surface area contributed by atoms with E-state index in [2.05, 4.69) is 444 Å². The number of aliphatic hydroxyl groups is 1. The second-order valence-corrected chi connectivity index (χ2v) is 53.7. The first-order valence-corrected chi connectivity index (χ1v) is 52.2. The predicted octanol–water partition coefficient (Wildman–Crippen LogP) is 24.3. The molecule has 796 valence electrons. The van der Waals surface area contributed by atoms with Crippen molar-refractivity contribution in [2.24, 2.45) is 25.8 Å². The molecule has 26 N–H and O–H groups in total. The van der Waals surface area contributed by atoms with Crippen LogP contribution in [0.2, 0.25) is 39.3 Å². The van der Waals surface area contributed by atoms with Gasteiger partial charge in [0, 0.05) is 106 Å². The first kappa shape index (κ1) is 157. The van der Waals surface area contributed by atoms with Crippen LogP contribution in [0.5, 0.6) is 0 Å². The Labute approximate surface area is 893 Å². The number of H-pyrrole nitrogens is 3. The Hall–Kier alpha value is -8.85. The second-order valence-electron chi connectivity index (χ2n) is 40.8. The fourth-order valence-corrected chi connectivity index (χ4v) is 18.1. The number of nitrogens with one attached hydrogen (secondary N) is 3. The number of halogens is 3. The summed E-state index contributed by atoms with van der Waals surface area (Å²) in [6, 6.07) is 59.4. The average molecular weight is 2350 g/mol. The van der Waals surface area contributed by atoms with E-state index in [-0.39, 0.29) is 178 Å². The molecule has 0 saturated carbocycles. The van der Waals surface area contributed by atoms with E-state index in [4.69, 9.17) is 25.3 Å². The van der Waals surface area contributed by atoms with Gasteiger partial charge in [-0.1, -0.05) is 283 Å². The van der Waals surface area contributed by atoms with E-state index in [0.29, 0.717) is 18.9 Å². The number of aliphatic hydroxyl groups excluding tert-OH is 1. The maximum absolute atomic E-state index is 11.5. The summed E-state index contributed by atoms with van der Waals surface area (Å²) >= 11 is 8.36. The van der Waals surface area contributed by atoms with E-state index in [1.807, 2.05) is 12.3 Å². The largest absolute Gasteiger partial charge is 2.00 e. The fraction of sp³-hybridized carbons (Fsp3) is 0.349. The summed E-state index contributed by atoms with van der Waals surface area (Å²) in [5.41, 5.74) is 39.0. The van der Waals surface area contributed by atoms with Crippen LogP contribution in [-0.2, 0) is 54.0 Å². The molecule has 3 atom stereocenters. The van der Waals surface area contributed by atoms with E-state index in [1.54, 1.807) is 0 Å². The summed E-state index contributed by atoms with van der Waals surface area (Å²) < 4.78 is 3.41. The van der Waals surface area contributed by atoms with Crippen molar-refractivity contribution < 1.29 is 145 Å². The zero-order valence-corrected chi connectivity index (χ0v) is 96.1. The molecule has 4 aromatic heterocycles. The second kappa shape index (κ2) is 61.7. The summed E-state index contributed by atoms with van der Waals surface area (Å²) in [4.78, 5) is 31.6. The molecule has 5 aliphatic rings. The van der Waals surface area contributed by atoms with Crippen LogP contribution in [0.1, 0.15) is 227 Å². The number of benzene rings is 6. The van der Waals surface area contributed by atoms with Gasteiger partial charge in [0.1, 0.15) is 22.3 Å². The topological polar surface area (TPSA) is 793 Å². The Kier molecular flexibility index (Phi) is 67.6. The van der Waals surface area contributed by atoms with E-state index in [1.165, 1.54) is 57.5 Å². The van der Waals surface area contributed by atoms with Crippen LogP contribution in [0.15, 0.2) is 231 Å². The van der Waals surface area contributed by atoms with Gasteiger partial charge in [0.05, 0.1) is 16.3 Å². The number of hydrogen-bond acceptors (Lipinski definition) is 26. The number of rotatable bonds is 11. The monoisotopic (exact) mass is 2350 g/mol. The third-order valence-corrected chi connectivity index (χ3v) is 26.5. The Morgan fingerprint density at radius 3 is 1.38 bits per heavy atom. The van der Waals surface area contributed by atoms with E-state index >= 15 is 0 Å². The summed E-state index contributed by atoms with van der Waals surface area (Å²) in [5, 5.41) is 16.8. The van der Waals surface area contributed by atoms with Crippen LogP contribution in [0.3, 0.4) is 0 Å². The van der Waals surface area contributed by atoms with Crippen LogP contribution in [0, 0.1) is 40.9 Å². The maximum atomic E-state index is 11.5. The number of allylic oxidation sites excluding steroid dienone is 5. The summed E-state index contributed by atoms with van der Waals surface area (Å²) in [6.07, 6.45) is 16.7. The Balaban J connectivity index is -0.000000204. The van der Waals surface area contributed by atoms with Crippen LogP contribution in [-0.4, -0.2) is 186 Å². The molecule has 8 bridgehead atoms. The molecule has 5 aliphatic heterocycles. The van der Waals surface area contributed by atoms with Crippen molar-refractivity contribution >= 4 is 112 Å². The summed E-state index contributed by atoms with van der Waals surface area (Å²) in [6.45, 7) is 52.1. The standard InChI is InChI=1S/C53H55IN4Si.C35H43BrN2OSi.C18H21IN2.22H2O.Zn/c1-51(2,3)37-24-36(25-38(26-37)52(4,5)6)50-45-21-20-40(55-45)29-46-43(34-14-12-33(13-15-34)22-23-59(9,10)11)28-41(56-46)27-42-32-53(7,8)49(57-42)31-47-44(30-48(50)58-47)35-16-18-39(54)19-17-35;1-34(2,3)26-18-25(19-27(20-26)35(4,5)6)33(39)30-15-14-28(37-30)21-31-29(22-32(36)38-31)24-12-10-23(11-13-24)16-17-40(7,8)9;1-12-11-18(2,3)17(21-12)10-16-15(8-9-20-16)13-4-6-14(19)7-5-13;;;;;;;;;;;;;;;;;;;;;;;/h12-21,24-28,30-31,46H,29,32H2,1-11H3;10-15,18-20,22,33,37-39H,21H2,1-9H3;4-9,17,20H,10-11H2,1-3H3;22*1H2;/q-2;;;;;;;;;;;;;;;;;;;;;;;;;+2/p-22. The van der Waals surface area contributed by atoms with Gasteiger partial charge in [-0.2, -0.15) is 0 Å². The summed E-state index contributed by atoms with van der Waals surface area (Å²) in [5.74, 6) is 6.76. The van der Waals surface area contributed by atoms with Crippen molar-refractivity contribution in [1.29, 1.82) is 0 Å². The molecule has 31 nitrogen and oxygen atoms in total. The SMILES string of the molecule is CC(C)(C)c1cc(C(O)c2ccc(Cc3[nH]c(Br)cc3-c3ccc(C#C[Si](C)(C)C)cc3)[nH]2)cc(C(C)(C)C)c1.CC1(C)CC2=NC1=Cc1[n-]c(cc1-c1ccc(I)cc1)C(c1cc(C(C)(C)C)cc(C(C)(C)C)c1)=C1C=CC(=N1)CC1[N-]C(=C2)C=C1c1ccc(C#C[Si](C)(C)C)cc1.CC1=NC(Cc2[nH]ccc2-c2ccc(I)cc2)C(C)(C)C1.[OH-].[OH-].[OH-].[OH-].[OH-].[OH-].[OH-].[OH-].[OH-].[OH-].[OH-].[OH-].[OH-].[OH-].[OH-].[OH-].[OH-].[OH-].[OH-].[OH-].[OH-].[OH-].[Zn+2]. The van der Waals surface area contributed by atoms with Gasteiger partial charge >= 0.3 is 19.5 Å². The van der Waals surface area contributed by atoms with E-state index < -0.39 is 22.3 Å². The van der Waals surface area contributed by atoms with Crippen molar-refractivity contribution in [3.63, 3.8) is 0 Å². The number of aromatic nitrogens is 4. The molecule has 3 unspecified atom stereocenters. The van der Waals surface area contributed by atoms with Gasteiger partial charge in [0.15, 0.2) is 0 Å². The van der Waals surface area contributed by atoms with Crippen molar-refractivity contribution in [3.8, 4) is 56.3 Å². The molecule has 9 heterocycles. The van der Waals surface area contributed by atoms with Gasteiger partial charge in [-0.25, -0.2) is 0 Å². The minimum Gasteiger partial charge on any atom is -0.870 e. The van der Waals surface area contributed by atoms with Crippen LogP contribution in [0.25, 0.3) is 55.9 Å². The molecule has 0 fully saturated rings. The first-order chi connectivity index (χ1) is 56.1. The van der Waals surface area contributed by atoms with E-state index in [9.17, 15) is 5.11 Å². The molecule has 0 aliphatic carbocycles. The molecular weight excluding hydrogens is 2210 g/mol. The van der Waals surface area contributed by atoms with Crippen molar-refractivity contribution in [3.05, 3.63) is 313 Å². The average Bonchev–Trinajstić information content (AvgIpc) is 1.62. The number of nitrogens with zero attached hydrogens (tertiary/aromatic N) is 5.